The number of hydrogen-bond acceptors (Lipinski definition) is 5. The first-order chi connectivity index (χ1) is 9.21. The van der Waals surface area contributed by atoms with Gasteiger partial charge in [-0.1, -0.05) is 11.6 Å². The SMILES string of the molecule is Cc1c(Cl)cc(S(=O)(=O)NC2(CO)CC2)cc1[N+](=O)[O-]. The summed E-state index contributed by atoms with van der Waals surface area (Å²) in [7, 11) is -3.96. The van der Waals surface area contributed by atoms with Gasteiger partial charge in [0.15, 0.2) is 0 Å². The first-order valence-corrected chi connectivity index (χ1v) is 7.66. The minimum absolute atomic E-state index is 0.00780. The number of sulfonamides is 1. The quantitative estimate of drug-likeness (QED) is 0.628. The number of hydrogen-bond donors (Lipinski definition) is 2. The van der Waals surface area contributed by atoms with Gasteiger partial charge in [-0.05, 0) is 25.8 Å². The summed E-state index contributed by atoms with van der Waals surface area (Å²) >= 11 is 5.84. The minimum Gasteiger partial charge on any atom is -0.394 e. The fourth-order valence-electron chi connectivity index (χ4n) is 1.77. The van der Waals surface area contributed by atoms with Gasteiger partial charge >= 0.3 is 0 Å². The monoisotopic (exact) mass is 320 g/mol. The third-order valence-corrected chi connectivity index (χ3v) is 5.26. The molecule has 0 unspecified atom stereocenters. The van der Waals surface area contributed by atoms with E-state index in [1.54, 1.807) is 0 Å². The van der Waals surface area contributed by atoms with Gasteiger partial charge in [0, 0.05) is 11.6 Å². The van der Waals surface area contributed by atoms with Gasteiger partial charge in [-0.3, -0.25) is 10.1 Å². The highest BCUT2D eigenvalue weighted by atomic mass is 35.5. The molecule has 20 heavy (non-hydrogen) atoms. The number of rotatable bonds is 5. The highest BCUT2D eigenvalue weighted by Gasteiger charge is 2.45. The van der Waals surface area contributed by atoms with E-state index in [1.807, 2.05) is 0 Å². The van der Waals surface area contributed by atoms with E-state index in [2.05, 4.69) is 4.72 Å². The maximum Gasteiger partial charge on any atom is 0.275 e. The van der Waals surface area contributed by atoms with Crippen LogP contribution in [0.25, 0.3) is 0 Å². The number of aliphatic hydroxyl groups is 1. The van der Waals surface area contributed by atoms with E-state index in [-0.39, 0.29) is 27.8 Å². The van der Waals surface area contributed by atoms with E-state index >= 15 is 0 Å². The predicted octanol–water partition coefficient (Wildman–Crippen LogP) is 1.36. The van der Waals surface area contributed by atoms with Crippen molar-refractivity contribution < 1.29 is 18.4 Å². The lowest BCUT2D eigenvalue weighted by Crippen LogP contribution is -2.39. The molecule has 2 N–H and O–H groups in total. The van der Waals surface area contributed by atoms with Crippen molar-refractivity contribution in [1.82, 2.24) is 4.72 Å². The van der Waals surface area contributed by atoms with Crippen molar-refractivity contribution in [3.8, 4) is 0 Å². The molecule has 0 saturated heterocycles. The summed E-state index contributed by atoms with van der Waals surface area (Å²) < 4.78 is 26.7. The van der Waals surface area contributed by atoms with Crippen molar-refractivity contribution in [3.63, 3.8) is 0 Å². The summed E-state index contributed by atoms with van der Waals surface area (Å²) in [6.07, 6.45) is 1.06. The second kappa shape index (κ2) is 4.96. The van der Waals surface area contributed by atoms with Crippen LogP contribution in [0.1, 0.15) is 18.4 Å². The molecule has 0 aliphatic heterocycles. The molecule has 0 radical (unpaired) electrons. The molecule has 1 aromatic carbocycles. The number of halogens is 1. The Hall–Kier alpha value is -1.22. The minimum atomic E-state index is -3.96. The van der Waals surface area contributed by atoms with E-state index in [0.29, 0.717) is 12.8 Å². The number of aliphatic hydroxyl groups excluding tert-OH is 1. The average molecular weight is 321 g/mol. The Morgan fingerprint density at radius 2 is 2.10 bits per heavy atom. The topological polar surface area (TPSA) is 110 Å². The molecular weight excluding hydrogens is 308 g/mol. The second-order valence-electron chi connectivity index (χ2n) is 4.85. The summed E-state index contributed by atoms with van der Waals surface area (Å²) in [6.45, 7) is 1.13. The van der Waals surface area contributed by atoms with Crippen LogP contribution in [-0.4, -0.2) is 30.6 Å². The Kier molecular flexibility index (Phi) is 3.76. The number of nitrogens with zero attached hydrogens (tertiary/aromatic N) is 1. The zero-order valence-electron chi connectivity index (χ0n) is 10.6. The summed E-state index contributed by atoms with van der Waals surface area (Å²) in [5, 5.41) is 20.1. The molecule has 0 bridgehead atoms. The van der Waals surface area contributed by atoms with E-state index in [9.17, 15) is 18.5 Å². The van der Waals surface area contributed by atoms with Crippen molar-refractivity contribution in [2.24, 2.45) is 0 Å². The van der Waals surface area contributed by atoms with Crippen molar-refractivity contribution in [1.29, 1.82) is 0 Å². The number of benzene rings is 1. The average Bonchev–Trinajstić information content (AvgIpc) is 3.11. The van der Waals surface area contributed by atoms with Crippen LogP contribution in [0.5, 0.6) is 0 Å². The molecule has 0 heterocycles. The summed E-state index contributed by atoms with van der Waals surface area (Å²) in [5.41, 5.74) is -0.990. The zero-order chi connectivity index (χ0) is 15.1. The molecule has 0 aromatic heterocycles. The van der Waals surface area contributed by atoms with E-state index in [4.69, 9.17) is 16.7 Å². The Labute approximate surface area is 120 Å². The van der Waals surface area contributed by atoms with Crippen LogP contribution >= 0.6 is 11.6 Å². The van der Waals surface area contributed by atoms with Gasteiger partial charge < -0.3 is 5.11 Å². The van der Waals surface area contributed by atoms with Crippen LogP contribution in [0.3, 0.4) is 0 Å². The van der Waals surface area contributed by atoms with Gasteiger partial charge in [-0.2, -0.15) is 0 Å². The molecular formula is C11H13ClN2O5S. The summed E-state index contributed by atoms with van der Waals surface area (Å²) in [6, 6.07) is 2.14. The number of nitro benzene ring substituents is 1. The maximum atomic E-state index is 12.2. The number of nitrogens with one attached hydrogen (secondary N) is 1. The molecule has 0 atom stereocenters. The van der Waals surface area contributed by atoms with Gasteiger partial charge in [0.1, 0.15) is 0 Å². The first-order valence-electron chi connectivity index (χ1n) is 5.80. The molecule has 110 valence electrons. The second-order valence-corrected chi connectivity index (χ2v) is 6.94. The van der Waals surface area contributed by atoms with Crippen LogP contribution in [0.2, 0.25) is 5.02 Å². The maximum absolute atomic E-state index is 12.2. The third kappa shape index (κ3) is 2.78. The van der Waals surface area contributed by atoms with Gasteiger partial charge in [0.05, 0.1) is 27.0 Å². The Morgan fingerprint density at radius 3 is 2.55 bits per heavy atom. The van der Waals surface area contributed by atoms with Crippen LogP contribution in [0, 0.1) is 17.0 Å². The van der Waals surface area contributed by atoms with Crippen molar-refractivity contribution in [2.45, 2.75) is 30.2 Å². The number of nitro groups is 1. The highest BCUT2D eigenvalue weighted by molar-refractivity contribution is 7.89. The lowest BCUT2D eigenvalue weighted by atomic mass is 10.2. The molecule has 1 saturated carbocycles. The molecule has 1 aliphatic rings. The molecule has 0 spiro atoms. The summed E-state index contributed by atoms with van der Waals surface area (Å²) in [5.74, 6) is 0. The van der Waals surface area contributed by atoms with Crippen LogP contribution in [0.15, 0.2) is 17.0 Å². The molecule has 2 rings (SSSR count). The molecule has 9 heteroatoms. The fraction of sp³-hybridized carbons (Fsp3) is 0.455. The Bertz CT molecular complexity index is 670. The van der Waals surface area contributed by atoms with Crippen LogP contribution in [0.4, 0.5) is 5.69 Å². The third-order valence-electron chi connectivity index (χ3n) is 3.30. The smallest absolute Gasteiger partial charge is 0.275 e. The molecule has 1 aromatic rings. The lowest BCUT2D eigenvalue weighted by Gasteiger charge is -2.15. The molecule has 7 nitrogen and oxygen atoms in total. The molecule has 1 fully saturated rings. The van der Waals surface area contributed by atoms with Gasteiger partial charge in [-0.15, -0.1) is 0 Å². The van der Waals surface area contributed by atoms with Gasteiger partial charge in [0.2, 0.25) is 10.0 Å². The highest BCUT2D eigenvalue weighted by Crippen LogP contribution is 2.37. The Morgan fingerprint density at radius 1 is 1.50 bits per heavy atom. The molecule has 0 amide bonds. The van der Waals surface area contributed by atoms with E-state index in [0.717, 1.165) is 6.07 Å². The van der Waals surface area contributed by atoms with Crippen LogP contribution in [-0.2, 0) is 10.0 Å². The van der Waals surface area contributed by atoms with Crippen molar-refractivity contribution in [3.05, 3.63) is 32.8 Å². The van der Waals surface area contributed by atoms with Crippen molar-refractivity contribution >= 4 is 27.3 Å². The van der Waals surface area contributed by atoms with Gasteiger partial charge in [-0.25, -0.2) is 13.1 Å². The summed E-state index contributed by atoms with van der Waals surface area (Å²) in [4.78, 5) is 9.94. The lowest BCUT2D eigenvalue weighted by molar-refractivity contribution is -0.385. The molecule has 1 aliphatic carbocycles. The fourth-order valence-corrected chi connectivity index (χ4v) is 3.55. The largest absolute Gasteiger partial charge is 0.394 e. The normalized spacial score (nSPS) is 16.9. The van der Waals surface area contributed by atoms with E-state index < -0.39 is 20.5 Å². The standard InChI is InChI=1S/C11H13ClN2O5S/c1-7-9(12)4-8(5-10(7)14(16)17)20(18,19)13-11(6-15)2-3-11/h4-5,13,15H,2-3,6H2,1H3. The van der Waals surface area contributed by atoms with Crippen molar-refractivity contribution in [2.75, 3.05) is 6.61 Å². The Balaban J connectivity index is 2.44. The predicted molar refractivity (Wildman–Crippen MR) is 72.2 cm³/mol. The van der Waals surface area contributed by atoms with Crippen LogP contribution < -0.4 is 4.72 Å². The zero-order valence-corrected chi connectivity index (χ0v) is 12.2. The van der Waals surface area contributed by atoms with Gasteiger partial charge in [0.25, 0.3) is 5.69 Å². The van der Waals surface area contributed by atoms with E-state index in [1.165, 1.54) is 13.0 Å². The first kappa shape index (κ1) is 15.2.